The molecule has 1 unspecified atom stereocenters. The number of carbonyl (C=O) groups is 3. The van der Waals surface area contributed by atoms with E-state index in [1.807, 2.05) is 27.7 Å². The molecule has 2 amide bonds. The third kappa shape index (κ3) is 30.3. The predicted molar refractivity (Wildman–Crippen MR) is 133 cm³/mol. The van der Waals surface area contributed by atoms with Crippen LogP contribution in [0.15, 0.2) is 0 Å². The largest absolute Gasteiger partial charge is 0.358 e. The molecule has 0 fully saturated rings. The Morgan fingerprint density at radius 3 is 2.10 bits per heavy atom. The minimum absolute atomic E-state index is 0.00803. The minimum Gasteiger partial charge on any atom is -0.358 e. The Bertz CT molecular complexity index is 429. The molecule has 4 N–H and O–H groups in total. The van der Waals surface area contributed by atoms with Crippen LogP contribution in [0.25, 0.3) is 0 Å². The van der Waals surface area contributed by atoms with Gasteiger partial charge in [-0.15, -0.1) is 23.5 Å². The lowest BCUT2D eigenvalue weighted by atomic mass is 10.2. The second kappa shape index (κ2) is 21.2. The molecule has 0 aromatic carbocycles. The van der Waals surface area contributed by atoms with Crippen LogP contribution in [0.3, 0.4) is 0 Å². The van der Waals surface area contributed by atoms with E-state index in [0.29, 0.717) is 43.0 Å². The van der Waals surface area contributed by atoms with Crippen molar-refractivity contribution in [3.63, 3.8) is 0 Å². The first-order chi connectivity index (χ1) is 13.5. The molecule has 0 aliphatic heterocycles. The van der Waals surface area contributed by atoms with Crippen LogP contribution in [-0.4, -0.2) is 64.7 Å². The Hall–Kier alpha value is -0.0200. The average Bonchev–Trinajstić information content (AvgIpc) is 2.65. The summed E-state index contributed by atoms with van der Waals surface area (Å²) in [5, 5.41) is 5.20. The van der Waals surface area contributed by atoms with Crippen molar-refractivity contribution in [2.75, 3.05) is 36.6 Å². The molecule has 11 heteroatoms. The van der Waals surface area contributed by atoms with Crippen molar-refractivity contribution in [1.82, 2.24) is 10.6 Å². The average molecular weight is 492 g/mol. The molecule has 0 heterocycles. The van der Waals surface area contributed by atoms with Gasteiger partial charge >= 0.3 is 0 Å². The van der Waals surface area contributed by atoms with E-state index in [4.69, 9.17) is 5.73 Å². The summed E-state index contributed by atoms with van der Waals surface area (Å²) >= 11 is 4.25. The summed E-state index contributed by atoms with van der Waals surface area (Å²) in [4.78, 5) is 31.6. The lowest BCUT2D eigenvalue weighted by molar-refractivity contribution is -0.118. The third-order valence-electron chi connectivity index (χ3n) is 2.55. The van der Waals surface area contributed by atoms with E-state index in [0.717, 1.165) is 6.29 Å². The molecular weight excluding hydrogens is 452 g/mol. The van der Waals surface area contributed by atoms with E-state index in [9.17, 15) is 18.6 Å². The molecule has 0 spiro atoms. The number of rotatable bonds is 13. The number of halogens is 1. The molecule has 0 aliphatic carbocycles. The molecule has 0 aliphatic rings. The van der Waals surface area contributed by atoms with Crippen molar-refractivity contribution in [3.05, 3.63) is 0 Å². The maximum absolute atomic E-state index is 13.3. The summed E-state index contributed by atoms with van der Waals surface area (Å²) in [6.45, 7) is 14.7. The SMILES string of the molecule is CC.CC(C)(C)SCC(=O)NCCSP(F)CCNC=O.CC(C)(C=O)SCN. The fourth-order valence-corrected chi connectivity index (χ4v) is 4.71. The van der Waals surface area contributed by atoms with Crippen LogP contribution in [0, 0.1) is 0 Å². The number of amides is 2. The highest BCUT2D eigenvalue weighted by molar-refractivity contribution is 8.54. The zero-order valence-corrected chi connectivity index (χ0v) is 22.1. The van der Waals surface area contributed by atoms with Crippen LogP contribution in [-0.2, 0) is 14.4 Å². The van der Waals surface area contributed by atoms with Gasteiger partial charge in [-0.2, -0.15) is 0 Å². The summed E-state index contributed by atoms with van der Waals surface area (Å²) < 4.78 is 13.1. The van der Waals surface area contributed by atoms with Crippen molar-refractivity contribution in [2.45, 2.75) is 58.0 Å². The molecular formula is C18H39FN3O3PS3. The van der Waals surface area contributed by atoms with E-state index in [1.54, 1.807) is 11.8 Å². The minimum atomic E-state index is -1.61. The monoisotopic (exact) mass is 491 g/mol. The Morgan fingerprint density at radius 2 is 1.69 bits per heavy atom. The normalized spacial score (nSPS) is 11.8. The van der Waals surface area contributed by atoms with E-state index in [-0.39, 0.29) is 15.4 Å². The topological polar surface area (TPSA) is 101 Å². The van der Waals surface area contributed by atoms with Gasteiger partial charge in [-0.1, -0.05) is 46.0 Å². The highest BCUT2D eigenvalue weighted by atomic mass is 32.7. The number of nitrogens with one attached hydrogen (secondary N) is 2. The molecule has 174 valence electrons. The first-order valence-corrected chi connectivity index (χ1v) is 14.4. The second-order valence-electron chi connectivity index (χ2n) is 6.73. The standard InChI is InChI=1S/C11H22FN2O2PS2.C5H11NOS.C2H6/c1-11(2,3)18-8-10(16)14-5-7-19-17(12)6-4-13-9-15;1-5(2,3-7)8-4-6;1-2/h9H,4-8H2,1-3H3,(H,13,15)(H,14,16);3H,4,6H2,1-2H3;1-2H3. The summed E-state index contributed by atoms with van der Waals surface area (Å²) in [7, 11) is -1.61. The second-order valence-corrected chi connectivity index (χ2v) is 13.9. The molecule has 0 aromatic heterocycles. The third-order valence-corrected chi connectivity index (χ3v) is 8.00. The summed E-state index contributed by atoms with van der Waals surface area (Å²) in [6, 6.07) is 0. The highest BCUT2D eigenvalue weighted by Gasteiger charge is 2.15. The number of aldehydes is 1. The lowest BCUT2D eigenvalue weighted by Crippen LogP contribution is -2.28. The molecule has 6 nitrogen and oxygen atoms in total. The number of nitrogens with two attached hydrogens (primary N) is 1. The number of thioether (sulfide) groups is 2. The van der Waals surface area contributed by atoms with Gasteiger partial charge < -0.3 is 21.2 Å². The zero-order valence-electron chi connectivity index (χ0n) is 18.7. The fraction of sp³-hybridized carbons (Fsp3) is 0.833. The summed E-state index contributed by atoms with van der Waals surface area (Å²) in [6.07, 6.45) is 1.83. The van der Waals surface area contributed by atoms with E-state index in [1.165, 1.54) is 23.1 Å². The zero-order chi connectivity index (χ0) is 23.3. The summed E-state index contributed by atoms with van der Waals surface area (Å²) in [5.74, 6) is 1.49. The van der Waals surface area contributed by atoms with Crippen LogP contribution >= 0.6 is 42.3 Å². The van der Waals surface area contributed by atoms with Gasteiger partial charge in [-0.25, -0.2) is 4.20 Å². The van der Waals surface area contributed by atoms with Crippen LogP contribution in [0.4, 0.5) is 4.20 Å². The molecule has 0 radical (unpaired) electrons. The van der Waals surface area contributed by atoms with Crippen LogP contribution in [0.2, 0.25) is 0 Å². The Balaban J connectivity index is -0.000000564. The molecule has 0 rings (SSSR count). The molecule has 1 atom stereocenters. The molecule has 0 aromatic rings. The molecule has 0 saturated heterocycles. The van der Waals surface area contributed by atoms with Crippen molar-refractivity contribution in [2.24, 2.45) is 5.73 Å². The van der Waals surface area contributed by atoms with Gasteiger partial charge in [0.25, 0.3) is 0 Å². The quantitative estimate of drug-likeness (QED) is 0.155. The Morgan fingerprint density at radius 1 is 1.10 bits per heavy atom. The molecule has 0 saturated carbocycles. The summed E-state index contributed by atoms with van der Waals surface area (Å²) in [5.41, 5.74) is 5.19. The van der Waals surface area contributed by atoms with E-state index in [2.05, 4.69) is 31.4 Å². The maximum Gasteiger partial charge on any atom is 0.230 e. The first-order valence-electron chi connectivity index (χ1n) is 9.41. The fourth-order valence-electron chi connectivity index (χ4n) is 1.19. The first kappa shape index (κ1) is 33.6. The molecule has 29 heavy (non-hydrogen) atoms. The highest BCUT2D eigenvalue weighted by Crippen LogP contribution is 2.50. The maximum atomic E-state index is 13.3. The van der Waals surface area contributed by atoms with Crippen molar-refractivity contribution >= 4 is 60.9 Å². The van der Waals surface area contributed by atoms with Crippen LogP contribution in [0.1, 0.15) is 48.5 Å². The lowest BCUT2D eigenvalue weighted by Gasteiger charge is -2.17. The number of hydrogen-bond acceptors (Lipinski definition) is 7. The predicted octanol–water partition coefficient (Wildman–Crippen LogP) is 4.03. The van der Waals surface area contributed by atoms with Crippen LogP contribution in [0.5, 0.6) is 0 Å². The number of carbonyl (C=O) groups excluding carboxylic acids is 3. The number of hydrogen-bond donors (Lipinski definition) is 3. The van der Waals surface area contributed by atoms with E-state index >= 15 is 0 Å². The van der Waals surface area contributed by atoms with E-state index < -0.39 is 7.43 Å². The van der Waals surface area contributed by atoms with Gasteiger partial charge in [-0.3, -0.25) is 9.59 Å². The van der Waals surface area contributed by atoms with Gasteiger partial charge in [-0.05, 0) is 13.8 Å². The van der Waals surface area contributed by atoms with Gasteiger partial charge in [0.15, 0.2) is 0 Å². The van der Waals surface area contributed by atoms with Gasteiger partial charge in [0, 0.05) is 35.6 Å². The molecule has 0 bridgehead atoms. The van der Waals surface area contributed by atoms with Crippen molar-refractivity contribution < 1.29 is 18.6 Å². The van der Waals surface area contributed by atoms with Crippen molar-refractivity contribution in [1.29, 1.82) is 0 Å². The Labute approximate surface area is 190 Å². The van der Waals surface area contributed by atoms with Gasteiger partial charge in [0.1, 0.15) is 13.7 Å². The van der Waals surface area contributed by atoms with Gasteiger partial charge in [0.05, 0.1) is 10.5 Å². The smallest absolute Gasteiger partial charge is 0.230 e. The van der Waals surface area contributed by atoms with Crippen LogP contribution < -0.4 is 16.4 Å². The Kier molecular flexibility index (Phi) is 24.6. The van der Waals surface area contributed by atoms with Crippen molar-refractivity contribution in [3.8, 4) is 0 Å². The van der Waals surface area contributed by atoms with Gasteiger partial charge in [0.2, 0.25) is 12.3 Å².